The van der Waals surface area contributed by atoms with Gasteiger partial charge in [0.15, 0.2) is 0 Å². The van der Waals surface area contributed by atoms with E-state index in [0.717, 1.165) is 20.5 Å². The number of hydrogen-bond acceptors (Lipinski definition) is 4. The highest BCUT2D eigenvalue weighted by molar-refractivity contribution is 7.80. The first-order chi connectivity index (χ1) is 7.08. The molecular weight excluding hydrogens is 244 g/mol. The minimum Gasteiger partial charge on any atom is -0.507 e. The number of rotatable bonds is 1. The van der Waals surface area contributed by atoms with Crippen LogP contribution in [-0.2, 0) is 0 Å². The van der Waals surface area contributed by atoms with Gasteiger partial charge in [0.1, 0.15) is 9.57 Å². The average Bonchev–Trinajstić information content (AvgIpc) is 2.60. The van der Waals surface area contributed by atoms with E-state index in [1.54, 1.807) is 20.7 Å². The van der Waals surface area contributed by atoms with Gasteiger partial charge >= 0.3 is 0 Å². The zero-order valence-corrected chi connectivity index (χ0v) is 10.9. The molecule has 0 bridgehead atoms. The van der Waals surface area contributed by atoms with Crippen molar-refractivity contribution in [1.82, 2.24) is 0 Å². The molecule has 2 rings (SSSR count). The van der Waals surface area contributed by atoms with E-state index >= 15 is 0 Å². The molecule has 0 aliphatic rings. The van der Waals surface area contributed by atoms with Crippen molar-refractivity contribution in [2.24, 2.45) is 0 Å². The van der Waals surface area contributed by atoms with Crippen LogP contribution in [0.5, 0.6) is 5.75 Å². The molecule has 1 heterocycles. The summed E-state index contributed by atoms with van der Waals surface area (Å²) in [5.41, 5.74) is 2.96. The topological polar surface area (TPSA) is 20.2 Å². The first kappa shape index (κ1) is 10.8. The van der Waals surface area contributed by atoms with Crippen LogP contribution in [0, 0.1) is 17.7 Å². The zero-order valence-electron chi connectivity index (χ0n) is 8.40. The molecule has 78 valence electrons. The van der Waals surface area contributed by atoms with Crippen molar-refractivity contribution in [2.45, 2.75) is 13.8 Å². The van der Waals surface area contributed by atoms with Crippen molar-refractivity contribution in [1.29, 1.82) is 0 Å². The van der Waals surface area contributed by atoms with Gasteiger partial charge < -0.3 is 5.11 Å². The van der Waals surface area contributed by atoms with Gasteiger partial charge in [-0.05, 0) is 48.7 Å². The number of benzene rings is 1. The predicted octanol–water partition coefficient (Wildman–Crippen LogP) is 4.53. The Balaban J connectivity index is 2.59. The molecular formula is C11H10OS3. The smallest absolute Gasteiger partial charge is 0.121 e. The molecule has 0 atom stereocenters. The fraction of sp³-hybridized carbons (Fsp3) is 0.182. The largest absolute Gasteiger partial charge is 0.507 e. The quantitative estimate of drug-likeness (QED) is 0.596. The lowest BCUT2D eigenvalue weighted by atomic mass is 10.1. The maximum absolute atomic E-state index is 9.67. The van der Waals surface area contributed by atoms with Gasteiger partial charge in [-0.1, -0.05) is 32.9 Å². The van der Waals surface area contributed by atoms with Gasteiger partial charge in [-0.25, -0.2) is 0 Å². The van der Waals surface area contributed by atoms with Crippen molar-refractivity contribution in [3.63, 3.8) is 0 Å². The van der Waals surface area contributed by atoms with Crippen LogP contribution in [0.25, 0.3) is 10.4 Å². The molecule has 0 radical (unpaired) electrons. The average molecular weight is 254 g/mol. The number of aryl methyl sites for hydroxylation is 2. The van der Waals surface area contributed by atoms with Crippen LogP contribution in [-0.4, -0.2) is 5.11 Å². The van der Waals surface area contributed by atoms with Gasteiger partial charge in [-0.2, -0.15) is 0 Å². The van der Waals surface area contributed by atoms with E-state index < -0.39 is 0 Å². The van der Waals surface area contributed by atoms with Crippen LogP contribution < -0.4 is 0 Å². The third-order valence-electron chi connectivity index (χ3n) is 2.24. The summed E-state index contributed by atoms with van der Waals surface area (Å²) < 4.78 is 0.915. The molecule has 2 aromatic rings. The Kier molecular flexibility index (Phi) is 2.91. The summed E-state index contributed by atoms with van der Waals surface area (Å²) in [4.78, 5) is 1.18. The summed E-state index contributed by atoms with van der Waals surface area (Å²) in [6.07, 6.45) is 0. The number of hydrogen-bond donors (Lipinski definition) is 1. The predicted molar refractivity (Wildman–Crippen MR) is 69.6 cm³/mol. The van der Waals surface area contributed by atoms with Crippen molar-refractivity contribution >= 4 is 32.9 Å². The molecule has 4 heteroatoms. The second-order valence-corrected chi connectivity index (χ2v) is 6.36. The van der Waals surface area contributed by atoms with Crippen molar-refractivity contribution < 1.29 is 5.11 Å². The molecule has 0 aliphatic carbocycles. The highest BCUT2D eigenvalue weighted by atomic mass is 32.9. The van der Waals surface area contributed by atoms with Crippen molar-refractivity contribution in [3.8, 4) is 16.2 Å². The van der Waals surface area contributed by atoms with Gasteiger partial charge in [0.25, 0.3) is 0 Å². The lowest BCUT2D eigenvalue weighted by Gasteiger charge is -2.05. The molecule has 0 fully saturated rings. The van der Waals surface area contributed by atoms with Crippen molar-refractivity contribution in [2.75, 3.05) is 0 Å². The third kappa shape index (κ3) is 2.12. The highest BCUT2D eigenvalue weighted by Gasteiger charge is 2.06. The van der Waals surface area contributed by atoms with Crippen LogP contribution in [0.1, 0.15) is 11.1 Å². The van der Waals surface area contributed by atoms with Crippen molar-refractivity contribution in [3.05, 3.63) is 33.1 Å². The van der Waals surface area contributed by atoms with Gasteiger partial charge in [0.2, 0.25) is 0 Å². The van der Waals surface area contributed by atoms with Gasteiger partial charge in [-0.15, -0.1) is 0 Å². The molecule has 0 spiro atoms. The van der Waals surface area contributed by atoms with E-state index in [9.17, 15) is 5.11 Å². The van der Waals surface area contributed by atoms with Crippen LogP contribution in [0.2, 0.25) is 0 Å². The number of aromatic hydroxyl groups is 1. The monoisotopic (exact) mass is 254 g/mol. The Labute approximate surface area is 101 Å². The van der Waals surface area contributed by atoms with Crippen LogP contribution in [0.4, 0.5) is 0 Å². The number of phenols is 1. The SMILES string of the molecule is Cc1cc(-c2cc(=S)ss2)cc(C)c1O. The summed E-state index contributed by atoms with van der Waals surface area (Å²) in [5.74, 6) is 0.387. The van der Waals surface area contributed by atoms with Gasteiger partial charge in [-0.3, -0.25) is 0 Å². The summed E-state index contributed by atoms with van der Waals surface area (Å²) >= 11 is 5.10. The Morgan fingerprint density at radius 1 is 1.07 bits per heavy atom. The molecule has 0 saturated carbocycles. The van der Waals surface area contributed by atoms with E-state index in [1.807, 2.05) is 32.0 Å². The highest BCUT2D eigenvalue weighted by Crippen LogP contribution is 2.33. The second-order valence-electron chi connectivity index (χ2n) is 3.45. The van der Waals surface area contributed by atoms with E-state index in [4.69, 9.17) is 12.2 Å². The molecule has 0 aliphatic heterocycles. The van der Waals surface area contributed by atoms with Crippen LogP contribution in [0.15, 0.2) is 18.2 Å². The van der Waals surface area contributed by atoms with Crippen LogP contribution in [0.3, 0.4) is 0 Å². The molecule has 0 amide bonds. The third-order valence-corrected chi connectivity index (χ3v) is 5.15. The minimum atomic E-state index is 0.387. The Morgan fingerprint density at radius 2 is 1.67 bits per heavy atom. The molecule has 0 saturated heterocycles. The Hall–Kier alpha value is -0.710. The normalized spacial score (nSPS) is 10.5. The van der Waals surface area contributed by atoms with E-state index in [1.165, 1.54) is 4.88 Å². The standard InChI is InChI=1S/C11H10OS3/c1-6-3-8(4-7(2)11(6)12)9-5-10(13)15-14-9/h3-5,12H,1-2H3. The maximum Gasteiger partial charge on any atom is 0.121 e. The molecule has 1 aromatic carbocycles. The fourth-order valence-electron chi connectivity index (χ4n) is 1.47. The minimum absolute atomic E-state index is 0.387. The van der Waals surface area contributed by atoms with Gasteiger partial charge in [0, 0.05) is 4.88 Å². The first-order valence-electron chi connectivity index (χ1n) is 4.48. The fourth-order valence-corrected chi connectivity index (χ4v) is 3.85. The summed E-state index contributed by atoms with van der Waals surface area (Å²) in [6, 6.07) is 6.00. The Bertz CT molecular complexity index is 528. The van der Waals surface area contributed by atoms with E-state index in [0.29, 0.717) is 5.75 Å². The number of phenolic OH excluding ortho intramolecular Hbond substituents is 1. The van der Waals surface area contributed by atoms with E-state index in [2.05, 4.69) is 0 Å². The molecule has 1 aromatic heterocycles. The molecule has 0 unspecified atom stereocenters. The first-order valence-corrected chi connectivity index (χ1v) is 7.04. The maximum atomic E-state index is 9.67. The molecule has 1 N–H and O–H groups in total. The van der Waals surface area contributed by atoms with Crippen LogP contribution >= 0.6 is 32.9 Å². The zero-order chi connectivity index (χ0) is 11.0. The lowest BCUT2D eigenvalue weighted by molar-refractivity contribution is 0.467. The summed E-state index contributed by atoms with van der Waals surface area (Å²) in [5, 5.41) is 9.67. The lowest BCUT2D eigenvalue weighted by Crippen LogP contribution is -1.82. The van der Waals surface area contributed by atoms with E-state index in [-0.39, 0.29) is 0 Å². The second kappa shape index (κ2) is 4.04. The van der Waals surface area contributed by atoms with Gasteiger partial charge in [0.05, 0.1) is 0 Å². The molecule has 1 nitrogen and oxygen atoms in total. The summed E-state index contributed by atoms with van der Waals surface area (Å²) in [7, 11) is 3.29. The summed E-state index contributed by atoms with van der Waals surface area (Å²) in [6.45, 7) is 3.83. The Morgan fingerprint density at radius 3 is 2.13 bits per heavy atom. The molecule has 15 heavy (non-hydrogen) atoms.